The lowest BCUT2D eigenvalue weighted by Crippen LogP contribution is -2.41. The fourth-order valence-corrected chi connectivity index (χ4v) is 4.40. The molecule has 2 aromatic carbocycles. The molecule has 1 N–H and O–H groups in total. The van der Waals surface area contributed by atoms with E-state index in [1.54, 1.807) is 7.11 Å². The summed E-state index contributed by atoms with van der Waals surface area (Å²) in [5.74, 6) is 1.09. The zero-order chi connectivity index (χ0) is 21.7. The van der Waals surface area contributed by atoms with Gasteiger partial charge in [0.25, 0.3) is 0 Å². The van der Waals surface area contributed by atoms with E-state index in [0.717, 1.165) is 61.3 Å². The van der Waals surface area contributed by atoms with Gasteiger partial charge in [0.2, 0.25) is 5.91 Å². The van der Waals surface area contributed by atoms with E-state index in [1.807, 2.05) is 37.3 Å². The molecule has 3 rings (SSSR count). The first-order chi connectivity index (χ1) is 14.4. The van der Waals surface area contributed by atoms with Crippen molar-refractivity contribution in [2.24, 2.45) is 5.92 Å². The van der Waals surface area contributed by atoms with E-state index >= 15 is 0 Å². The minimum absolute atomic E-state index is 0.0244. The molecule has 30 heavy (non-hydrogen) atoms. The van der Waals surface area contributed by atoms with Crippen LogP contribution in [0.4, 0.5) is 0 Å². The molecule has 0 aromatic heterocycles. The molecule has 1 aliphatic heterocycles. The van der Waals surface area contributed by atoms with Gasteiger partial charge in [-0.2, -0.15) is 0 Å². The highest BCUT2D eigenvalue weighted by Gasteiger charge is 2.26. The van der Waals surface area contributed by atoms with Crippen molar-refractivity contribution < 1.29 is 9.53 Å². The van der Waals surface area contributed by atoms with Crippen LogP contribution in [0.15, 0.2) is 36.4 Å². The summed E-state index contributed by atoms with van der Waals surface area (Å²) in [4.78, 5) is 15.3. The molecule has 1 aliphatic rings. The summed E-state index contributed by atoms with van der Waals surface area (Å²) >= 11 is 12.1. The number of ether oxygens (including phenoxy) is 1. The van der Waals surface area contributed by atoms with Gasteiger partial charge in [0.1, 0.15) is 5.75 Å². The third-order valence-corrected chi connectivity index (χ3v) is 6.63. The number of carbonyl (C=O) groups excluding carboxylic acids is 1. The van der Waals surface area contributed by atoms with Crippen molar-refractivity contribution in [1.82, 2.24) is 10.2 Å². The van der Waals surface area contributed by atoms with Crippen LogP contribution in [0.3, 0.4) is 0 Å². The van der Waals surface area contributed by atoms with Crippen LogP contribution in [0.25, 0.3) is 0 Å². The van der Waals surface area contributed by atoms with Gasteiger partial charge in [-0.1, -0.05) is 48.3 Å². The highest BCUT2D eigenvalue weighted by molar-refractivity contribution is 6.42. The molecule has 162 valence electrons. The third-order valence-electron chi connectivity index (χ3n) is 5.89. The van der Waals surface area contributed by atoms with E-state index in [1.165, 1.54) is 0 Å². The first-order valence-electron chi connectivity index (χ1n) is 10.5. The van der Waals surface area contributed by atoms with E-state index in [2.05, 4.69) is 23.2 Å². The van der Waals surface area contributed by atoms with Crippen molar-refractivity contribution in [2.75, 3.05) is 20.2 Å². The van der Waals surface area contributed by atoms with Gasteiger partial charge in [0.05, 0.1) is 23.2 Å². The normalized spacial score (nSPS) is 16.3. The van der Waals surface area contributed by atoms with Crippen LogP contribution in [-0.4, -0.2) is 31.0 Å². The van der Waals surface area contributed by atoms with Crippen LogP contribution in [0.5, 0.6) is 5.75 Å². The van der Waals surface area contributed by atoms with E-state index in [0.29, 0.717) is 10.0 Å². The summed E-state index contributed by atoms with van der Waals surface area (Å²) in [6.07, 6.45) is 2.59. The number of piperidine rings is 1. The predicted octanol–water partition coefficient (Wildman–Crippen LogP) is 5.79. The number of hydrogen-bond donors (Lipinski definition) is 1. The molecule has 1 amide bonds. The third kappa shape index (κ3) is 5.69. The fourth-order valence-electron chi connectivity index (χ4n) is 4.08. The van der Waals surface area contributed by atoms with Crippen molar-refractivity contribution in [3.8, 4) is 5.75 Å². The number of hydrogen-bond acceptors (Lipinski definition) is 3. The molecule has 0 aliphatic carbocycles. The smallest absolute Gasteiger partial charge is 0.223 e. The van der Waals surface area contributed by atoms with Crippen molar-refractivity contribution in [1.29, 1.82) is 0 Å². The molecule has 1 saturated heterocycles. The summed E-state index contributed by atoms with van der Waals surface area (Å²) in [6.45, 7) is 6.76. The molecule has 0 radical (unpaired) electrons. The number of halogens is 2. The number of rotatable bonds is 7. The molecule has 4 nitrogen and oxygen atoms in total. The highest BCUT2D eigenvalue weighted by atomic mass is 35.5. The number of aryl methyl sites for hydroxylation is 1. The molecule has 0 spiro atoms. The Labute approximate surface area is 189 Å². The van der Waals surface area contributed by atoms with E-state index in [9.17, 15) is 4.79 Å². The van der Waals surface area contributed by atoms with E-state index < -0.39 is 0 Å². The van der Waals surface area contributed by atoms with Gasteiger partial charge in [-0.25, -0.2) is 0 Å². The molecule has 6 heteroatoms. The van der Waals surface area contributed by atoms with Gasteiger partial charge < -0.3 is 10.1 Å². The minimum atomic E-state index is 0.0244. The van der Waals surface area contributed by atoms with Crippen molar-refractivity contribution >= 4 is 29.1 Å². The van der Waals surface area contributed by atoms with Crippen molar-refractivity contribution in [3.05, 3.63) is 63.1 Å². The number of methoxy groups -OCH3 is 1. The first-order valence-corrected chi connectivity index (χ1v) is 11.3. The molecule has 0 unspecified atom stereocenters. The zero-order valence-electron chi connectivity index (χ0n) is 17.9. The summed E-state index contributed by atoms with van der Waals surface area (Å²) in [6, 6.07) is 11.9. The number of amides is 1. The van der Waals surface area contributed by atoms with Crippen LogP contribution in [-0.2, 0) is 11.3 Å². The predicted molar refractivity (Wildman–Crippen MR) is 123 cm³/mol. The second-order valence-electron chi connectivity index (χ2n) is 8.00. The zero-order valence-corrected chi connectivity index (χ0v) is 19.4. The second kappa shape index (κ2) is 10.5. The van der Waals surface area contributed by atoms with Crippen LogP contribution >= 0.6 is 23.2 Å². The molecular formula is C24H30Cl2N2O2. The van der Waals surface area contributed by atoms with Crippen LogP contribution < -0.4 is 10.1 Å². The van der Waals surface area contributed by atoms with E-state index in [-0.39, 0.29) is 17.9 Å². The number of likely N-dealkylation sites (tertiary alicyclic amines) is 1. The molecule has 2 aromatic rings. The Morgan fingerprint density at radius 2 is 1.90 bits per heavy atom. The minimum Gasteiger partial charge on any atom is -0.496 e. The highest BCUT2D eigenvalue weighted by Crippen LogP contribution is 2.27. The Hall–Kier alpha value is -1.75. The molecule has 1 heterocycles. The maximum Gasteiger partial charge on any atom is 0.223 e. The van der Waals surface area contributed by atoms with Gasteiger partial charge >= 0.3 is 0 Å². The molecular weight excluding hydrogens is 419 g/mol. The SMILES string of the molecule is CC[C@@H](NC(=O)C1CCN(Cc2ccc(Cl)c(Cl)c2)CC1)c1ccc(OC)c(C)c1. The molecule has 0 bridgehead atoms. The Kier molecular flexibility index (Phi) is 8.04. The Morgan fingerprint density at radius 1 is 1.17 bits per heavy atom. The summed E-state index contributed by atoms with van der Waals surface area (Å²) in [5, 5.41) is 4.43. The van der Waals surface area contributed by atoms with Crippen molar-refractivity contribution in [3.63, 3.8) is 0 Å². The van der Waals surface area contributed by atoms with Gasteiger partial charge in [-0.05, 0) is 74.2 Å². The second-order valence-corrected chi connectivity index (χ2v) is 8.81. The lowest BCUT2D eigenvalue weighted by molar-refractivity contribution is -0.127. The Morgan fingerprint density at radius 3 is 2.50 bits per heavy atom. The monoisotopic (exact) mass is 448 g/mol. The maximum atomic E-state index is 12.9. The van der Waals surface area contributed by atoms with Crippen molar-refractivity contribution in [2.45, 2.75) is 45.7 Å². The van der Waals surface area contributed by atoms with E-state index in [4.69, 9.17) is 27.9 Å². The number of benzene rings is 2. The van der Waals surface area contributed by atoms with Gasteiger partial charge in [0.15, 0.2) is 0 Å². The molecule has 1 atom stereocenters. The van der Waals surface area contributed by atoms with Crippen LogP contribution in [0.2, 0.25) is 10.0 Å². The molecule has 0 saturated carbocycles. The standard InChI is InChI=1S/C24H30Cl2N2O2/c1-4-22(19-6-8-23(30-3)16(2)13-19)27-24(29)18-9-11-28(12-10-18)15-17-5-7-20(25)21(26)14-17/h5-8,13-14,18,22H,4,9-12,15H2,1-3H3,(H,27,29)/t22-/m1/s1. The number of carbonyl (C=O) groups is 1. The largest absolute Gasteiger partial charge is 0.496 e. The summed E-state index contributed by atoms with van der Waals surface area (Å²) in [5.41, 5.74) is 3.35. The fraction of sp³-hybridized carbons (Fsp3) is 0.458. The molecule has 1 fully saturated rings. The summed E-state index contributed by atoms with van der Waals surface area (Å²) < 4.78 is 5.35. The lowest BCUT2D eigenvalue weighted by atomic mass is 9.94. The number of nitrogens with one attached hydrogen (secondary N) is 1. The van der Waals surface area contributed by atoms with Gasteiger partial charge in [-0.3, -0.25) is 9.69 Å². The first kappa shape index (κ1) is 22.9. The van der Waals surface area contributed by atoms with Gasteiger partial charge in [-0.15, -0.1) is 0 Å². The van der Waals surface area contributed by atoms with Crippen LogP contribution in [0, 0.1) is 12.8 Å². The Balaban J connectivity index is 1.53. The maximum absolute atomic E-state index is 12.9. The van der Waals surface area contributed by atoms with Gasteiger partial charge in [0, 0.05) is 12.5 Å². The number of nitrogens with zero attached hydrogens (tertiary/aromatic N) is 1. The Bertz CT molecular complexity index is 880. The lowest BCUT2D eigenvalue weighted by Gasteiger charge is -2.32. The summed E-state index contributed by atoms with van der Waals surface area (Å²) in [7, 11) is 1.68. The topological polar surface area (TPSA) is 41.6 Å². The average molecular weight is 449 g/mol. The quantitative estimate of drug-likeness (QED) is 0.582. The van der Waals surface area contributed by atoms with Crippen LogP contribution in [0.1, 0.15) is 48.9 Å². The average Bonchev–Trinajstić information content (AvgIpc) is 2.75.